The fraction of sp³-hybridized carbons (Fsp3) is 0.0526. The number of ether oxygens (including phenoxy) is 1. The summed E-state index contributed by atoms with van der Waals surface area (Å²) in [5.41, 5.74) is 0.629. The summed E-state index contributed by atoms with van der Waals surface area (Å²) in [6, 6.07) is 19.3. The molecule has 0 aromatic heterocycles. The van der Waals surface area contributed by atoms with E-state index in [9.17, 15) is 12.8 Å². The lowest BCUT2D eigenvalue weighted by Gasteiger charge is -2.14. The monoisotopic (exact) mass is 357 g/mol. The summed E-state index contributed by atoms with van der Waals surface area (Å²) in [5, 5.41) is 0. The van der Waals surface area contributed by atoms with Gasteiger partial charge >= 0.3 is 0 Å². The molecule has 6 heteroatoms. The zero-order valence-corrected chi connectivity index (χ0v) is 14.3. The summed E-state index contributed by atoms with van der Waals surface area (Å²) in [7, 11) is -3.87. The van der Waals surface area contributed by atoms with E-state index in [4.69, 9.17) is 4.74 Å². The van der Waals surface area contributed by atoms with Crippen molar-refractivity contribution >= 4 is 15.7 Å². The highest BCUT2D eigenvalue weighted by Crippen LogP contribution is 2.31. The number of sulfonamides is 1. The Balaban J connectivity index is 1.92. The van der Waals surface area contributed by atoms with Gasteiger partial charge in [-0.3, -0.25) is 4.72 Å². The summed E-state index contributed by atoms with van der Waals surface area (Å²) in [4.78, 5) is 0.0171. The topological polar surface area (TPSA) is 55.4 Å². The van der Waals surface area contributed by atoms with Crippen LogP contribution in [0.4, 0.5) is 10.1 Å². The Hall–Kier alpha value is -2.86. The minimum Gasteiger partial charge on any atom is -0.455 e. The molecular formula is C19H16FNO3S. The number of anilines is 1. The molecule has 3 aromatic rings. The second kappa shape index (κ2) is 6.94. The van der Waals surface area contributed by atoms with Crippen LogP contribution >= 0.6 is 0 Å². The molecule has 0 atom stereocenters. The number of aryl methyl sites for hydroxylation is 1. The van der Waals surface area contributed by atoms with Gasteiger partial charge in [0.25, 0.3) is 10.0 Å². The number of rotatable bonds is 5. The zero-order chi connectivity index (χ0) is 17.9. The molecule has 0 aliphatic rings. The van der Waals surface area contributed by atoms with E-state index in [1.165, 1.54) is 12.1 Å². The Morgan fingerprint density at radius 3 is 2.32 bits per heavy atom. The summed E-state index contributed by atoms with van der Waals surface area (Å²) in [5.74, 6) is 0.480. The molecule has 1 N–H and O–H groups in total. The molecule has 0 heterocycles. The van der Waals surface area contributed by atoms with Crippen molar-refractivity contribution < 1.29 is 17.5 Å². The maximum absolute atomic E-state index is 13.2. The average Bonchev–Trinajstić information content (AvgIpc) is 2.57. The van der Waals surface area contributed by atoms with Gasteiger partial charge in [0.05, 0.1) is 10.6 Å². The van der Waals surface area contributed by atoms with Crippen LogP contribution in [0.15, 0.2) is 77.7 Å². The Labute approximate surface area is 146 Å². The first kappa shape index (κ1) is 17.0. The SMILES string of the molecule is Cc1cc(F)ccc1S(=O)(=O)Nc1ccccc1Oc1ccccc1. The first-order valence-corrected chi connectivity index (χ1v) is 9.05. The van der Waals surface area contributed by atoms with E-state index in [0.29, 0.717) is 22.7 Å². The molecule has 0 aliphatic heterocycles. The van der Waals surface area contributed by atoms with Crippen LogP contribution in [0, 0.1) is 12.7 Å². The second-order valence-corrected chi connectivity index (χ2v) is 7.08. The third-order valence-electron chi connectivity index (χ3n) is 3.53. The molecule has 0 unspecified atom stereocenters. The highest BCUT2D eigenvalue weighted by Gasteiger charge is 2.19. The van der Waals surface area contributed by atoms with Gasteiger partial charge < -0.3 is 4.74 Å². The van der Waals surface area contributed by atoms with Crippen molar-refractivity contribution in [3.8, 4) is 11.5 Å². The maximum Gasteiger partial charge on any atom is 0.262 e. The molecule has 0 radical (unpaired) electrons. The second-order valence-electron chi connectivity index (χ2n) is 5.43. The Kier molecular flexibility index (Phi) is 4.72. The number of nitrogens with one attached hydrogen (secondary N) is 1. The summed E-state index contributed by atoms with van der Waals surface area (Å²) in [6.45, 7) is 1.55. The van der Waals surface area contributed by atoms with Crippen molar-refractivity contribution in [1.29, 1.82) is 0 Å². The fourth-order valence-corrected chi connectivity index (χ4v) is 3.67. The molecule has 0 fully saturated rings. The smallest absolute Gasteiger partial charge is 0.262 e. The molecule has 0 spiro atoms. The van der Waals surface area contributed by atoms with E-state index in [1.807, 2.05) is 18.2 Å². The van der Waals surface area contributed by atoms with Gasteiger partial charge in [0, 0.05) is 0 Å². The first-order valence-electron chi connectivity index (χ1n) is 7.56. The quantitative estimate of drug-likeness (QED) is 0.718. The van der Waals surface area contributed by atoms with Crippen molar-refractivity contribution in [2.45, 2.75) is 11.8 Å². The van der Waals surface area contributed by atoms with Crippen molar-refractivity contribution in [3.05, 3.63) is 84.2 Å². The van der Waals surface area contributed by atoms with Crippen LogP contribution in [-0.4, -0.2) is 8.42 Å². The molecule has 0 amide bonds. The highest BCUT2D eigenvalue weighted by atomic mass is 32.2. The summed E-state index contributed by atoms with van der Waals surface area (Å²) >= 11 is 0. The van der Waals surface area contributed by atoms with Crippen molar-refractivity contribution in [2.75, 3.05) is 4.72 Å². The van der Waals surface area contributed by atoms with E-state index in [-0.39, 0.29) is 4.90 Å². The first-order chi connectivity index (χ1) is 12.0. The lowest BCUT2D eigenvalue weighted by Crippen LogP contribution is -2.15. The maximum atomic E-state index is 13.2. The standard InChI is InChI=1S/C19H16FNO3S/c1-14-13-15(20)11-12-19(14)25(22,23)21-17-9-5-6-10-18(17)24-16-7-3-2-4-8-16/h2-13,21H,1H3. The average molecular weight is 357 g/mol. The normalized spacial score (nSPS) is 11.1. The van der Waals surface area contributed by atoms with Crippen LogP contribution in [0.25, 0.3) is 0 Å². The van der Waals surface area contributed by atoms with Crippen LogP contribution in [0.2, 0.25) is 0 Å². The Bertz CT molecular complexity index is 989. The molecule has 3 rings (SSSR count). The van der Waals surface area contributed by atoms with Crippen LogP contribution in [0.1, 0.15) is 5.56 Å². The molecule has 0 saturated heterocycles. The van der Waals surface area contributed by atoms with E-state index >= 15 is 0 Å². The molecule has 0 bridgehead atoms. The van der Waals surface area contributed by atoms with Crippen molar-refractivity contribution in [2.24, 2.45) is 0 Å². The third-order valence-corrected chi connectivity index (χ3v) is 5.05. The van der Waals surface area contributed by atoms with E-state index in [1.54, 1.807) is 43.3 Å². The minimum atomic E-state index is -3.87. The number of hydrogen-bond acceptors (Lipinski definition) is 3. The molecular weight excluding hydrogens is 341 g/mol. The Morgan fingerprint density at radius 2 is 1.60 bits per heavy atom. The van der Waals surface area contributed by atoms with Crippen molar-refractivity contribution in [3.63, 3.8) is 0 Å². The van der Waals surface area contributed by atoms with Crippen LogP contribution in [0.5, 0.6) is 11.5 Å². The fourth-order valence-electron chi connectivity index (χ4n) is 2.37. The lowest BCUT2D eigenvalue weighted by atomic mass is 10.2. The summed E-state index contributed by atoms with van der Waals surface area (Å²) in [6.07, 6.45) is 0. The van der Waals surface area contributed by atoms with Gasteiger partial charge in [-0.2, -0.15) is 0 Å². The largest absolute Gasteiger partial charge is 0.455 e. The van der Waals surface area contributed by atoms with Gasteiger partial charge in [-0.15, -0.1) is 0 Å². The van der Waals surface area contributed by atoms with Gasteiger partial charge in [0.1, 0.15) is 11.6 Å². The van der Waals surface area contributed by atoms with Crippen LogP contribution in [-0.2, 0) is 10.0 Å². The summed E-state index contributed by atoms with van der Waals surface area (Å²) < 4.78 is 46.8. The Morgan fingerprint density at radius 1 is 0.920 bits per heavy atom. The minimum absolute atomic E-state index is 0.0171. The van der Waals surface area contributed by atoms with Gasteiger partial charge in [0.15, 0.2) is 5.75 Å². The molecule has 0 aliphatic carbocycles. The van der Waals surface area contributed by atoms with E-state index < -0.39 is 15.8 Å². The lowest BCUT2D eigenvalue weighted by molar-refractivity contribution is 0.485. The molecule has 128 valence electrons. The number of halogens is 1. The van der Waals surface area contributed by atoms with Gasteiger partial charge in [0.2, 0.25) is 0 Å². The van der Waals surface area contributed by atoms with Gasteiger partial charge in [-0.1, -0.05) is 30.3 Å². The van der Waals surface area contributed by atoms with Crippen molar-refractivity contribution in [1.82, 2.24) is 0 Å². The molecule has 0 saturated carbocycles. The van der Waals surface area contributed by atoms with Crippen LogP contribution < -0.4 is 9.46 Å². The van der Waals surface area contributed by atoms with E-state index in [2.05, 4.69) is 4.72 Å². The number of benzene rings is 3. The van der Waals surface area contributed by atoms with Gasteiger partial charge in [-0.05, 0) is 55.0 Å². The third kappa shape index (κ3) is 3.97. The highest BCUT2D eigenvalue weighted by molar-refractivity contribution is 7.92. The number of para-hydroxylation sites is 3. The zero-order valence-electron chi connectivity index (χ0n) is 13.4. The van der Waals surface area contributed by atoms with Gasteiger partial charge in [-0.25, -0.2) is 12.8 Å². The molecule has 3 aromatic carbocycles. The number of hydrogen-bond donors (Lipinski definition) is 1. The predicted octanol–water partition coefficient (Wildman–Crippen LogP) is 4.73. The molecule has 25 heavy (non-hydrogen) atoms. The van der Waals surface area contributed by atoms with E-state index in [0.717, 1.165) is 6.07 Å². The predicted molar refractivity (Wildman–Crippen MR) is 94.9 cm³/mol. The van der Waals surface area contributed by atoms with Crippen LogP contribution in [0.3, 0.4) is 0 Å². The molecule has 4 nitrogen and oxygen atoms in total.